The number of hydrogen-bond acceptors (Lipinski definition) is 6. The van der Waals surface area contributed by atoms with Crippen LogP contribution in [0, 0.1) is 0 Å². The van der Waals surface area contributed by atoms with E-state index in [9.17, 15) is 13.2 Å². The minimum Gasteiger partial charge on any atom is -0.297 e. The SMILES string of the molecule is CNS(=O)(=O)CCCSc1nc2ccccc2c(=O)n1CCN(C(C)C)C(C)C. The van der Waals surface area contributed by atoms with Crippen molar-refractivity contribution < 1.29 is 8.42 Å². The lowest BCUT2D eigenvalue weighted by Gasteiger charge is -2.30. The van der Waals surface area contributed by atoms with Gasteiger partial charge in [-0.25, -0.2) is 18.1 Å². The molecule has 9 heteroatoms. The first kappa shape index (κ1) is 23.9. The summed E-state index contributed by atoms with van der Waals surface area (Å²) in [4.78, 5) is 20.2. The van der Waals surface area contributed by atoms with Crippen LogP contribution in [-0.2, 0) is 16.6 Å². The van der Waals surface area contributed by atoms with Gasteiger partial charge in [0.25, 0.3) is 5.56 Å². The number of para-hydroxylation sites is 1. The van der Waals surface area contributed by atoms with Gasteiger partial charge in [-0.1, -0.05) is 23.9 Å². The maximum absolute atomic E-state index is 13.1. The van der Waals surface area contributed by atoms with Crippen molar-refractivity contribution in [3.63, 3.8) is 0 Å². The molecule has 29 heavy (non-hydrogen) atoms. The van der Waals surface area contributed by atoms with Crippen molar-refractivity contribution in [2.75, 3.05) is 25.1 Å². The number of aromatic nitrogens is 2. The van der Waals surface area contributed by atoms with E-state index in [1.54, 1.807) is 10.6 Å². The van der Waals surface area contributed by atoms with Gasteiger partial charge in [-0.3, -0.25) is 14.3 Å². The summed E-state index contributed by atoms with van der Waals surface area (Å²) in [7, 11) is -1.81. The van der Waals surface area contributed by atoms with Crippen molar-refractivity contribution in [2.45, 2.75) is 57.9 Å². The molecule has 7 nitrogen and oxygen atoms in total. The second kappa shape index (κ2) is 10.6. The summed E-state index contributed by atoms with van der Waals surface area (Å²) >= 11 is 1.44. The topological polar surface area (TPSA) is 84.3 Å². The average molecular weight is 441 g/mol. The molecule has 0 aliphatic carbocycles. The summed E-state index contributed by atoms with van der Waals surface area (Å²) in [6.07, 6.45) is 0.487. The Labute approximate surface area is 177 Å². The minimum atomic E-state index is -3.23. The summed E-state index contributed by atoms with van der Waals surface area (Å²) < 4.78 is 27.3. The van der Waals surface area contributed by atoms with Crippen molar-refractivity contribution in [1.29, 1.82) is 0 Å². The molecule has 1 N–H and O–H groups in total. The normalized spacial score (nSPS) is 12.6. The van der Waals surface area contributed by atoms with Gasteiger partial charge in [0.1, 0.15) is 0 Å². The van der Waals surface area contributed by atoms with Crippen LogP contribution in [0.15, 0.2) is 34.2 Å². The highest BCUT2D eigenvalue weighted by atomic mass is 32.2. The molecular weight excluding hydrogens is 408 g/mol. The van der Waals surface area contributed by atoms with Gasteiger partial charge < -0.3 is 0 Å². The number of nitrogens with one attached hydrogen (secondary N) is 1. The van der Waals surface area contributed by atoms with Crippen molar-refractivity contribution in [2.24, 2.45) is 0 Å². The molecule has 1 heterocycles. The molecular formula is C20H32N4O3S2. The summed E-state index contributed by atoms with van der Waals surface area (Å²) in [5.74, 6) is 0.632. The van der Waals surface area contributed by atoms with Crippen molar-refractivity contribution in [1.82, 2.24) is 19.2 Å². The second-order valence-corrected chi connectivity index (χ2v) is 10.6. The summed E-state index contributed by atoms with van der Waals surface area (Å²) in [6.45, 7) is 9.90. The molecule has 0 radical (unpaired) electrons. The first-order chi connectivity index (χ1) is 13.7. The lowest BCUT2D eigenvalue weighted by atomic mass is 10.2. The van der Waals surface area contributed by atoms with Crippen LogP contribution in [0.3, 0.4) is 0 Å². The van der Waals surface area contributed by atoms with Gasteiger partial charge in [-0.15, -0.1) is 0 Å². The Morgan fingerprint density at radius 3 is 2.45 bits per heavy atom. The zero-order valence-electron chi connectivity index (χ0n) is 17.9. The Balaban J connectivity index is 2.27. The molecule has 1 aromatic carbocycles. The molecule has 2 aromatic rings. The molecule has 0 bridgehead atoms. The third-order valence-corrected chi connectivity index (χ3v) is 7.35. The Bertz CT molecular complexity index is 963. The lowest BCUT2D eigenvalue weighted by Crippen LogP contribution is -2.40. The minimum absolute atomic E-state index is 0.0478. The van der Waals surface area contributed by atoms with E-state index in [-0.39, 0.29) is 11.3 Å². The van der Waals surface area contributed by atoms with Crippen LogP contribution in [0.2, 0.25) is 0 Å². The van der Waals surface area contributed by atoms with Crippen LogP contribution in [-0.4, -0.2) is 60.1 Å². The molecule has 1 aromatic heterocycles. The van der Waals surface area contributed by atoms with E-state index >= 15 is 0 Å². The van der Waals surface area contributed by atoms with E-state index < -0.39 is 10.0 Å². The van der Waals surface area contributed by atoms with Crippen molar-refractivity contribution in [3.8, 4) is 0 Å². The third-order valence-electron chi connectivity index (χ3n) is 4.83. The van der Waals surface area contributed by atoms with Crippen LogP contribution in [0.25, 0.3) is 10.9 Å². The number of thioether (sulfide) groups is 1. The van der Waals surface area contributed by atoms with Gasteiger partial charge in [0, 0.05) is 30.9 Å². The monoisotopic (exact) mass is 440 g/mol. The first-order valence-electron chi connectivity index (χ1n) is 9.95. The highest BCUT2D eigenvalue weighted by Crippen LogP contribution is 2.19. The van der Waals surface area contributed by atoms with Crippen LogP contribution < -0.4 is 10.3 Å². The number of rotatable bonds is 11. The number of hydrogen-bond donors (Lipinski definition) is 1. The molecule has 0 aliphatic rings. The van der Waals surface area contributed by atoms with Crippen molar-refractivity contribution >= 4 is 32.7 Å². The molecule has 0 fully saturated rings. The number of nitrogens with zero attached hydrogens (tertiary/aromatic N) is 3. The lowest BCUT2D eigenvalue weighted by molar-refractivity contribution is 0.166. The highest BCUT2D eigenvalue weighted by Gasteiger charge is 2.17. The Morgan fingerprint density at radius 1 is 1.17 bits per heavy atom. The van der Waals surface area contributed by atoms with E-state index in [1.807, 2.05) is 18.2 Å². The van der Waals surface area contributed by atoms with Gasteiger partial charge in [-0.05, 0) is 53.3 Å². The molecule has 0 saturated carbocycles. The van der Waals surface area contributed by atoms with Gasteiger partial charge in [0.05, 0.1) is 16.7 Å². The predicted molar refractivity (Wildman–Crippen MR) is 121 cm³/mol. The summed E-state index contributed by atoms with van der Waals surface area (Å²) in [5.41, 5.74) is 0.622. The third kappa shape index (κ3) is 6.53. The maximum Gasteiger partial charge on any atom is 0.262 e. The standard InChI is InChI=1S/C20H32N4O3S2/c1-15(2)23(16(3)4)11-12-24-19(25)17-9-6-7-10-18(17)22-20(24)28-13-8-14-29(26,27)21-5/h6-7,9-10,15-16,21H,8,11-14H2,1-5H3. The molecule has 0 atom stereocenters. The Hall–Kier alpha value is -1.42. The summed E-state index contributed by atoms with van der Waals surface area (Å²) in [6, 6.07) is 8.11. The van der Waals surface area contributed by atoms with Crippen LogP contribution >= 0.6 is 11.8 Å². The second-order valence-electron chi connectivity index (χ2n) is 7.52. The van der Waals surface area contributed by atoms with E-state index in [0.717, 1.165) is 6.54 Å². The molecule has 2 rings (SSSR count). The average Bonchev–Trinajstić information content (AvgIpc) is 2.66. The van der Waals surface area contributed by atoms with Crippen molar-refractivity contribution in [3.05, 3.63) is 34.6 Å². The quantitative estimate of drug-likeness (QED) is 0.328. The maximum atomic E-state index is 13.1. The molecule has 0 saturated heterocycles. The van der Waals surface area contributed by atoms with Gasteiger partial charge in [-0.2, -0.15) is 0 Å². The predicted octanol–water partition coefficient (Wildman–Crippen LogP) is 2.55. The van der Waals surface area contributed by atoms with E-state index in [1.165, 1.54) is 18.8 Å². The van der Waals surface area contributed by atoms with Crippen LogP contribution in [0.4, 0.5) is 0 Å². The van der Waals surface area contributed by atoms with Gasteiger partial charge >= 0.3 is 0 Å². The van der Waals surface area contributed by atoms with Gasteiger partial charge in [0.2, 0.25) is 10.0 Å². The first-order valence-corrected chi connectivity index (χ1v) is 12.6. The number of fused-ring (bicyclic) bond motifs is 1. The van der Waals surface area contributed by atoms with Gasteiger partial charge in [0.15, 0.2) is 5.16 Å². The molecule has 0 aliphatic heterocycles. The summed E-state index contributed by atoms with van der Waals surface area (Å²) in [5, 5.41) is 1.25. The molecule has 162 valence electrons. The zero-order valence-corrected chi connectivity index (χ0v) is 19.5. The Morgan fingerprint density at radius 2 is 1.83 bits per heavy atom. The smallest absolute Gasteiger partial charge is 0.262 e. The Kier molecular flexibility index (Phi) is 8.69. The van der Waals surface area contributed by atoms with Crippen LogP contribution in [0.5, 0.6) is 0 Å². The fourth-order valence-electron chi connectivity index (χ4n) is 3.30. The van der Waals surface area contributed by atoms with E-state index in [0.29, 0.717) is 46.9 Å². The van der Waals surface area contributed by atoms with E-state index in [4.69, 9.17) is 4.98 Å². The fourth-order valence-corrected chi connectivity index (χ4v) is 5.17. The largest absolute Gasteiger partial charge is 0.297 e. The molecule has 0 spiro atoms. The molecule has 0 unspecified atom stereocenters. The highest BCUT2D eigenvalue weighted by molar-refractivity contribution is 7.99. The van der Waals surface area contributed by atoms with E-state index in [2.05, 4.69) is 37.3 Å². The fraction of sp³-hybridized carbons (Fsp3) is 0.600. The van der Waals surface area contributed by atoms with Crippen LogP contribution in [0.1, 0.15) is 34.1 Å². The number of sulfonamides is 1. The molecule has 0 amide bonds. The zero-order chi connectivity index (χ0) is 21.6. The number of benzene rings is 1.